The molecular formula is C10H12BF3KNO. The summed E-state index contributed by atoms with van der Waals surface area (Å²) >= 11 is 0. The summed E-state index contributed by atoms with van der Waals surface area (Å²) in [6.45, 7) is -1.11. The average molecular weight is 269 g/mol. The Labute approximate surface area is 141 Å². The summed E-state index contributed by atoms with van der Waals surface area (Å²) in [4.78, 5) is 3.50. The summed E-state index contributed by atoms with van der Waals surface area (Å²) in [5, 5.41) is 0. The molecule has 17 heavy (non-hydrogen) atoms. The number of hydrogen-bond acceptors (Lipinski definition) is 2. The molecule has 0 aliphatic carbocycles. The van der Waals surface area contributed by atoms with Crippen LogP contribution in [-0.4, -0.2) is 18.6 Å². The van der Waals surface area contributed by atoms with E-state index < -0.39 is 12.4 Å². The van der Waals surface area contributed by atoms with E-state index in [1.807, 2.05) is 0 Å². The molecule has 0 spiro atoms. The molecule has 1 aromatic rings. The van der Waals surface area contributed by atoms with Gasteiger partial charge in [0.25, 0.3) is 0 Å². The largest absolute Gasteiger partial charge is 1.00 e. The van der Waals surface area contributed by atoms with Gasteiger partial charge in [-0.05, 0) is 18.9 Å². The van der Waals surface area contributed by atoms with Gasteiger partial charge in [-0.15, -0.1) is 6.58 Å². The molecule has 0 fully saturated rings. The Kier molecular flexibility index (Phi) is 8.40. The molecule has 88 valence electrons. The third-order valence-electron chi connectivity index (χ3n) is 1.93. The third-order valence-corrected chi connectivity index (χ3v) is 1.93. The fourth-order valence-corrected chi connectivity index (χ4v) is 1.11. The number of aromatic nitrogens is 1. The fourth-order valence-electron chi connectivity index (χ4n) is 1.11. The third kappa shape index (κ3) is 6.61. The summed E-state index contributed by atoms with van der Waals surface area (Å²) in [5.41, 5.74) is -0.735. The van der Waals surface area contributed by atoms with Gasteiger partial charge in [0.05, 0.1) is 12.8 Å². The molecule has 2 nitrogen and oxygen atoms in total. The number of allylic oxidation sites excluding steroid dienone is 1. The number of halogens is 3. The van der Waals surface area contributed by atoms with E-state index in [1.165, 1.54) is 6.20 Å². The van der Waals surface area contributed by atoms with Crippen LogP contribution in [0.2, 0.25) is 0 Å². The summed E-state index contributed by atoms with van der Waals surface area (Å²) in [6, 6.07) is 0.973. The maximum Gasteiger partial charge on any atom is 1.00 e. The van der Waals surface area contributed by atoms with Gasteiger partial charge in [-0.3, -0.25) is 4.98 Å². The molecule has 0 unspecified atom stereocenters. The van der Waals surface area contributed by atoms with Gasteiger partial charge in [0.2, 0.25) is 0 Å². The van der Waals surface area contributed by atoms with Crippen molar-refractivity contribution in [2.45, 2.75) is 12.8 Å². The minimum atomic E-state index is -5.01. The van der Waals surface area contributed by atoms with E-state index in [1.54, 1.807) is 6.08 Å². The zero-order chi connectivity index (χ0) is 12.0. The Morgan fingerprint density at radius 1 is 1.35 bits per heavy atom. The smallest absolute Gasteiger partial charge is 0.492 e. The normalized spacial score (nSPS) is 10.5. The van der Waals surface area contributed by atoms with Crippen molar-refractivity contribution in [3.8, 4) is 5.75 Å². The van der Waals surface area contributed by atoms with Crippen LogP contribution < -0.4 is 61.6 Å². The summed E-state index contributed by atoms with van der Waals surface area (Å²) in [6.07, 6.45) is 5.31. The number of ether oxygens (including phenoxy) is 1. The first-order chi connectivity index (χ1) is 7.54. The number of pyridine rings is 1. The van der Waals surface area contributed by atoms with Crippen LogP contribution >= 0.6 is 0 Å². The van der Waals surface area contributed by atoms with E-state index >= 15 is 0 Å². The molecule has 0 aliphatic rings. The predicted octanol–water partition coefficient (Wildman–Crippen LogP) is -0.515. The van der Waals surface area contributed by atoms with Gasteiger partial charge in [0.1, 0.15) is 5.75 Å². The Hall–Kier alpha value is 0.181. The fraction of sp³-hybridized carbons (Fsp3) is 0.300. The van der Waals surface area contributed by atoms with Crippen molar-refractivity contribution in [1.82, 2.24) is 4.98 Å². The maximum absolute atomic E-state index is 12.4. The molecule has 0 aliphatic heterocycles. The molecule has 1 heterocycles. The molecule has 0 saturated carbocycles. The number of hydrogen-bond donors (Lipinski definition) is 0. The van der Waals surface area contributed by atoms with Gasteiger partial charge in [-0.25, -0.2) is 0 Å². The Bertz CT molecular complexity index is 360. The first-order valence-electron chi connectivity index (χ1n) is 4.92. The van der Waals surface area contributed by atoms with E-state index in [0.717, 1.165) is 25.1 Å². The second kappa shape index (κ2) is 8.31. The molecule has 1 aromatic heterocycles. The van der Waals surface area contributed by atoms with Crippen molar-refractivity contribution in [2.24, 2.45) is 0 Å². The zero-order valence-corrected chi connectivity index (χ0v) is 12.8. The molecule has 0 saturated heterocycles. The van der Waals surface area contributed by atoms with Crippen molar-refractivity contribution >= 4 is 12.4 Å². The minimum Gasteiger partial charge on any atom is -0.492 e. The Morgan fingerprint density at radius 3 is 2.65 bits per heavy atom. The van der Waals surface area contributed by atoms with Crippen LogP contribution in [0.15, 0.2) is 31.1 Å². The topological polar surface area (TPSA) is 22.1 Å². The van der Waals surface area contributed by atoms with Gasteiger partial charge in [0.15, 0.2) is 0 Å². The zero-order valence-electron chi connectivity index (χ0n) is 9.70. The monoisotopic (exact) mass is 269 g/mol. The van der Waals surface area contributed by atoms with Gasteiger partial charge in [0, 0.05) is 6.20 Å². The van der Waals surface area contributed by atoms with E-state index in [9.17, 15) is 12.9 Å². The van der Waals surface area contributed by atoms with Crippen LogP contribution in [0.1, 0.15) is 12.8 Å². The molecule has 0 atom stereocenters. The molecule has 0 N–H and O–H groups in total. The molecular weight excluding hydrogens is 257 g/mol. The van der Waals surface area contributed by atoms with Crippen molar-refractivity contribution < 1.29 is 69.1 Å². The van der Waals surface area contributed by atoms with Crippen molar-refractivity contribution in [3.63, 3.8) is 0 Å². The summed E-state index contributed by atoms with van der Waals surface area (Å²) in [7, 11) is 0. The van der Waals surface area contributed by atoms with Gasteiger partial charge in [-0.1, -0.05) is 11.5 Å². The molecule has 1 rings (SSSR count). The van der Waals surface area contributed by atoms with E-state index in [4.69, 9.17) is 4.74 Å². The Balaban J connectivity index is 0.00000256. The van der Waals surface area contributed by atoms with Crippen LogP contribution in [0.3, 0.4) is 0 Å². The molecule has 0 aromatic carbocycles. The van der Waals surface area contributed by atoms with Gasteiger partial charge < -0.3 is 17.7 Å². The second-order valence-electron chi connectivity index (χ2n) is 3.31. The maximum atomic E-state index is 12.4. The van der Waals surface area contributed by atoms with Crippen molar-refractivity contribution in [1.29, 1.82) is 0 Å². The van der Waals surface area contributed by atoms with Gasteiger partial charge in [-0.2, -0.15) is 0 Å². The van der Waals surface area contributed by atoms with Gasteiger partial charge >= 0.3 is 58.4 Å². The van der Waals surface area contributed by atoms with E-state index in [-0.39, 0.29) is 57.1 Å². The average Bonchev–Trinajstić information content (AvgIpc) is 2.24. The van der Waals surface area contributed by atoms with Crippen LogP contribution in [0, 0.1) is 0 Å². The molecule has 7 heteroatoms. The SMILES string of the molecule is C=CCCCOc1cncc([B-](F)(F)F)c1.[K+]. The minimum absolute atomic E-state index is 0. The summed E-state index contributed by atoms with van der Waals surface area (Å²) in [5.74, 6) is 0.153. The van der Waals surface area contributed by atoms with E-state index in [0.29, 0.717) is 6.61 Å². The summed E-state index contributed by atoms with van der Waals surface area (Å²) < 4.78 is 42.2. The van der Waals surface area contributed by atoms with Crippen LogP contribution in [0.4, 0.5) is 12.9 Å². The van der Waals surface area contributed by atoms with Crippen molar-refractivity contribution in [3.05, 3.63) is 31.1 Å². The molecule has 0 amide bonds. The number of rotatable bonds is 6. The van der Waals surface area contributed by atoms with Crippen LogP contribution in [-0.2, 0) is 0 Å². The van der Waals surface area contributed by atoms with E-state index in [2.05, 4.69) is 11.6 Å². The van der Waals surface area contributed by atoms with Crippen LogP contribution in [0.5, 0.6) is 5.75 Å². The number of unbranched alkanes of at least 4 members (excludes halogenated alkanes) is 1. The standard InChI is InChI=1S/C10H12BF3NO.K/c1-2-3-4-5-16-10-6-9(7-15-8-10)11(12,13)14;/h2,6-8H,1,3-5H2;/q-1;+1. The quantitative estimate of drug-likeness (QED) is 0.394. The van der Waals surface area contributed by atoms with Crippen molar-refractivity contribution in [2.75, 3.05) is 6.61 Å². The Morgan fingerprint density at radius 2 is 2.06 bits per heavy atom. The molecule has 0 bridgehead atoms. The van der Waals surface area contributed by atoms with Crippen LogP contribution in [0.25, 0.3) is 0 Å². The first kappa shape index (κ1) is 17.2. The first-order valence-corrected chi connectivity index (χ1v) is 4.92. The molecule has 0 radical (unpaired) electrons. The number of nitrogens with zero attached hydrogens (tertiary/aromatic N) is 1. The predicted molar refractivity (Wildman–Crippen MR) is 57.9 cm³/mol. The second-order valence-corrected chi connectivity index (χ2v) is 3.31.